The van der Waals surface area contributed by atoms with E-state index in [1.54, 1.807) is 18.6 Å². The standard InChI is InChI=1S/C26H34N6O2/c1-18-11-20-15-28-5-3-27-4-6-29-17-22-13-19(2)14-23(25(22)34)26-31-8-10-32(26)9-7-30-16-21(12-18)24(20)33/h11-17,26-27,31,33-34H,3-10H2,1-2H3/t26-/m0/s1. The summed E-state index contributed by atoms with van der Waals surface area (Å²) in [7, 11) is 0. The highest BCUT2D eigenvalue weighted by atomic mass is 16.3. The second-order valence-electron chi connectivity index (χ2n) is 8.83. The van der Waals surface area contributed by atoms with Gasteiger partial charge >= 0.3 is 0 Å². The number of hydrogen-bond acceptors (Lipinski definition) is 8. The fourth-order valence-corrected chi connectivity index (χ4v) is 4.41. The molecule has 4 N–H and O–H groups in total. The first-order valence-corrected chi connectivity index (χ1v) is 11.9. The van der Waals surface area contributed by atoms with Gasteiger partial charge in [0.1, 0.15) is 11.5 Å². The van der Waals surface area contributed by atoms with Crippen LogP contribution >= 0.6 is 0 Å². The number of hydrogen-bond donors (Lipinski definition) is 4. The van der Waals surface area contributed by atoms with Crippen LogP contribution in [0.5, 0.6) is 11.5 Å². The quantitative estimate of drug-likeness (QED) is 0.480. The SMILES string of the molecule is Cc1cc2c(O)c(c1)C=NCCN1CCN[C@@H]1c1cc(C)cc(c1O)C=NCCNCCN=C2. The second-order valence-corrected chi connectivity index (χ2v) is 8.83. The van der Waals surface area contributed by atoms with E-state index in [1.807, 2.05) is 38.1 Å². The predicted octanol–water partition coefficient (Wildman–Crippen LogP) is 2.18. The molecule has 4 bridgehead atoms. The molecule has 8 heteroatoms. The minimum Gasteiger partial charge on any atom is -0.507 e. The van der Waals surface area contributed by atoms with Crippen LogP contribution in [0, 0.1) is 13.8 Å². The Morgan fingerprint density at radius 3 is 1.94 bits per heavy atom. The third-order valence-corrected chi connectivity index (χ3v) is 6.07. The van der Waals surface area contributed by atoms with Crippen molar-refractivity contribution in [3.63, 3.8) is 0 Å². The fourth-order valence-electron chi connectivity index (χ4n) is 4.41. The number of phenolic OH excluding ortho intramolecular Hbond substituents is 2. The lowest BCUT2D eigenvalue weighted by Crippen LogP contribution is -2.30. The van der Waals surface area contributed by atoms with Crippen molar-refractivity contribution in [1.29, 1.82) is 0 Å². The van der Waals surface area contributed by atoms with Crippen molar-refractivity contribution in [2.45, 2.75) is 20.0 Å². The maximum Gasteiger partial charge on any atom is 0.133 e. The van der Waals surface area contributed by atoms with E-state index in [1.165, 1.54) is 0 Å². The fraction of sp³-hybridized carbons (Fsp3) is 0.423. The van der Waals surface area contributed by atoms with Gasteiger partial charge in [-0.2, -0.15) is 0 Å². The van der Waals surface area contributed by atoms with Gasteiger partial charge in [-0.1, -0.05) is 0 Å². The highest BCUT2D eigenvalue weighted by Gasteiger charge is 2.28. The Hall–Kier alpha value is -3.07. The normalized spacial score (nSPS) is 20.1. The average Bonchev–Trinajstić information content (AvgIpc) is 3.27. The first kappa shape index (κ1) is 24.1. The Morgan fingerprint density at radius 1 is 0.735 bits per heavy atom. The molecule has 0 amide bonds. The van der Waals surface area contributed by atoms with Crippen molar-refractivity contribution in [1.82, 2.24) is 15.5 Å². The van der Waals surface area contributed by atoms with Gasteiger partial charge in [-0.15, -0.1) is 0 Å². The topological polar surface area (TPSA) is 105 Å². The first-order chi connectivity index (χ1) is 16.5. The summed E-state index contributed by atoms with van der Waals surface area (Å²) in [5.74, 6) is 0.469. The van der Waals surface area contributed by atoms with E-state index in [4.69, 9.17) is 0 Å². The zero-order chi connectivity index (χ0) is 23.9. The van der Waals surface area contributed by atoms with Crippen LogP contribution in [0.2, 0.25) is 0 Å². The molecule has 2 heterocycles. The number of aliphatic imine (C=N–C) groups is 3. The van der Waals surface area contributed by atoms with Crippen LogP contribution in [-0.2, 0) is 0 Å². The molecule has 1 fully saturated rings. The maximum absolute atomic E-state index is 11.0. The lowest BCUT2D eigenvalue weighted by atomic mass is 10.0. The third kappa shape index (κ3) is 5.88. The van der Waals surface area contributed by atoms with Crippen LogP contribution in [0.25, 0.3) is 0 Å². The van der Waals surface area contributed by atoms with Gasteiger partial charge in [-0.25, -0.2) is 0 Å². The number of nitrogens with zero attached hydrogens (tertiary/aromatic N) is 4. The Labute approximate surface area is 201 Å². The summed E-state index contributed by atoms with van der Waals surface area (Å²) in [6.07, 6.45) is 5.14. The van der Waals surface area contributed by atoms with Gasteiger partial charge in [0.05, 0.1) is 25.8 Å². The largest absolute Gasteiger partial charge is 0.507 e. The van der Waals surface area contributed by atoms with Crippen LogP contribution in [0.1, 0.15) is 39.5 Å². The van der Waals surface area contributed by atoms with Crippen molar-refractivity contribution in [2.75, 3.05) is 52.4 Å². The van der Waals surface area contributed by atoms with E-state index in [9.17, 15) is 10.2 Å². The summed E-state index contributed by atoms with van der Waals surface area (Å²) in [4.78, 5) is 15.8. The number of aromatic hydroxyl groups is 2. The molecule has 0 saturated carbocycles. The van der Waals surface area contributed by atoms with E-state index in [2.05, 4.69) is 30.5 Å². The van der Waals surface area contributed by atoms with Crippen molar-refractivity contribution in [2.24, 2.45) is 15.0 Å². The van der Waals surface area contributed by atoms with Gasteiger partial charge in [0, 0.05) is 73.6 Å². The minimum atomic E-state index is -0.0757. The number of aryl methyl sites for hydroxylation is 2. The smallest absolute Gasteiger partial charge is 0.133 e. The van der Waals surface area contributed by atoms with Crippen molar-refractivity contribution < 1.29 is 10.2 Å². The number of phenols is 2. The molecule has 0 unspecified atom stereocenters. The first-order valence-electron chi connectivity index (χ1n) is 11.9. The molecule has 2 aliphatic rings. The van der Waals surface area contributed by atoms with E-state index in [0.29, 0.717) is 30.8 Å². The molecule has 0 aromatic heterocycles. The van der Waals surface area contributed by atoms with Crippen LogP contribution in [-0.4, -0.2) is 86.1 Å². The summed E-state index contributed by atoms with van der Waals surface area (Å²) in [6.45, 7) is 9.73. The van der Waals surface area contributed by atoms with Crippen LogP contribution in [0.15, 0.2) is 39.2 Å². The van der Waals surface area contributed by atoms with Crippen LogP contribution in [0.3, 0.4) is 0 Å². The average molecular weight is 463 g/mol. The Bertz CT molecular complexity index is 1100. The maximum atomic E-state index is 11.0. The van der Waals surface area contributed by atoms with Crippen molar-refractivity contribution >= 4 is 18.6 Å². The molecule has 2 aromatic rings. The summed E-state index contributed by atoms with van der Waals surface area (Å²) in [5.41, 5.74) is 5.13. The van der Waals surface area contributed by atoms with Gasteiger partial charge in [-0.3, -0.25) is 25.2 Å². The lowest BCUT2D eigenvalue weighted by molar-refractivity contribution is 0.247. The number of benzene rings is 2. The molecule has 0 spiro atoms. The molecule has 1 saturated heterocycles. The van der Waals surface area contributed by atoms with Crippen LogP contribution < -0.4 is 10.6 Å². The van der Waals surface area contributed by atoms with Crippen LogP contribution in [0.4, 0.5) is 0 Å². The minimum absolute atomic E-state index is 0.0757. The van der Waals surface area contributed by atoms with E-state index < -0.39 is 0 Å². The van der Waals surface area contributed by atoms with Gasteiger partial charge in [0.2, 0.25) is 0 Å². The van der Waals surface area contributed by atoms with Gasteiger partial charge in [0.15, 0.2) is 0 Å². The molecule has 34 heavy (non-hydrogen) atoms. The molecule has 0 radical (unpaired) electrons. The summed E-state index contributed by atoms with van der Waals surface area (Å²) in [5, 5.41) is 28.5. The molecular weight excluding hydrogens is 428 g/mol. The van der Waals surface area contributed by atoms with Gasteiger partial charge < -0.3 is 15.5 Å². The summed E-state index contributed by atoms with van der Waals surface area (Å²) < 4.78 is 0. The molecule has 2 aliphatic heterocycles. The Morgan fingerprint density at radius 2 is 1.29 bits per heavy atom. The van der Waals surface area contributed by atoms with E-state index >= 15 is 0 Å². The second kappa shape index (κ2) is 11.4. The highest BCUT2D eigenvalue weighted by molar-refractivity contribution is 5.92. The zero-order valence-corrected chi connectivity index (χ0v) is 20.0. The van der Waals surface area contributed by atoms with E-state index in [0.717, 1.165) is 55.0 Å². The Balaban J connectivity index is 1.60. The zero-order valence-electron chi connectivity index (χ0n) is 20.0. The molecule has 180 valence electrons. The number of fused-ring (bicyclic) bond motifs is 6. The number of nitrogens with one attached hydrogen (secondary N) is 2. The molecule has 1 atom stereocenters. The Kier molecular flexibility index (Phi) is 8.05. The molecule has 4 rings (SSSR count). The van der Waals surface area contributed by atoms with Gasteiger partial charge in [-0.05, 0) is 49.2 Å². The monoisotopic (exact) mass is 462 g/mol. The lowest BCUT2D eigenvalue weighted by Gasteiger charge is -2.25. The predicted molar refractivity (Wildman–Crippen MR) is 138 cm³/mol. The molecule has 8 nitrogen and oxygen atoms in total. The van der Waals surface area contributed by atoms with E-state index in [-0.39, 0.29) is 17.7 Å². The third-order valence-electron chi connectivity index (χ3n) is 6.07. The highest BCUT2D eigenvalue weighted by Crippen LogP contribution is 2.32. The molecule has 2 aromatic carbocycles. The summed E-state index contributed by atoms with van der Waals surface area (Å²) >= 11 is 0. The number of rotatable bonds is 0. The van der Waals surface area contributed by atoms with Crippen molar-refractivity contribution in [3.05, 3.63) is 57.6 Å². The van der Waals surface area contributed by atoms with Crippen molar-refractivity contribution in [3.8, 4) is 11.5 Å². The molecular formula is C26H34N6O2. The van der Waals surface area contributed by atoms with Gasteiger partial charge in [0.25, 0.3) is 0 Å². The summed E-state index contributed by atoms with van der Waals surface area (Å²) in [6, 6.07) is 7.86. The molecule has 0 aliphatic carbocycles.